The fourth-order valence-corrected chi connectivity index (χ4v) is 5.04. The molecule has 4 aromatic rings. The number of carbonyl (C=O) groups is 2. The monoisotopic (exact) mass is 637 g/mol. The summed E-state index contributed by atoms with van der Waals surface area (Å²) in [6.45, 7) is -0.251. The number of hydrogen-bond donors (Lipinski definition) is 3. The molecule has 2 aliphatic rings. The minimum Gasteiger partial charge on any atom is -0.490 e. The zero-order valence-electron chi connectivity index (χ0n) is 24.3. The molecule has 2 aromatic heterocycles. The summed E-state index contributed by atoms with van der Waals surface area (Å²) >= 11 is 0. The van der Waals surface area contributed by atoms with E-state index in [1.54, 1.807) is 12.1 Å². The van der Waals surface area contributed by atoms with Gasteiger partial charge in [0, 0.05) is 28.5 Å². The van der Waals surface area contributed by atoms with Crippen LogP contribution in [0.2, 0.25) is 0 Å². The molecule has 2 aromatic carbocycles. The van der Waals surface area contributed by atoms with Crippen LogP contribution in [0.4, 0.5) is 17.6 Å². The minimum atomic E-state index is -5.36. The molecule has 1 fully saturated rings. The fourth-order valence-electron chi connectivity index (χ4n) is 5.04. The van der Waals surface area contributed by atoms with Crippen molar-refractivity contribution in [3.8, 4) is 34.0 Å². The van der Waals surface area contributed by atoms with Gasteiger partial charge < -0.3 is 25.6 Å². The smallest absolute Gasteiger partial charge is 0.424 e. The van der Waals surface area contributed by atoms with Crippen LogP contribution in [0.1, 0.15) is 41.4 Å². The van der Waals surface area contributed by atoms with Crippen molar-refractivity contribution in [2.24, 2.45) is 5.73 Å². The lowest BCUT2D eigenvalue weighted by Crippen LogP contribution is -2.51. The molecule has 6 rings (SSSR count). The summed E-state index contributed by atoms with van der Waals surface area (Å²) in [7, 11) is 0. The number of aliphatic hydroxyl groups is 1. The summed E-state index contributed by atoms with van der Waals surface area (Å²) in [5.41, 5.74) is 0.391. The van der Waals surface area contributed by atoms with E-state index in [9.17, 15) is 32.3 Å². The molecule has 1 aliphatic heterocycles. The van der Waals surface area contributed by atoms with Crippen LogP contribution in [0.5, 0.6) is 11.5 Å². The van der Waals surface area contributed by atoms with Crippen molar-refractivity contribution < 1.29 is 41.7 Å². The van der Waals surface area contributed by atoms with Crippen molar-refractivity contribution in [1.29, 1.82) is 0 Å². The molecule has 46 heavy (non-hydrogen) atoms. The zero-order chi connectivity index (χ0) is 32.9. The lowest BCUT2D eigenvalue weighted by atomic mass is 9.81. The number of pyridine rings is 1. The average Bonchev–Trinajstić information content (AvgIpc) is 3.79. The van der Waals surface area contributed by atoms with Gasteiger partial charge in [0.2, 0.25) is 11.5 Å². The van der Waals surface area contributed by atoms with Crippen molar-refractivity contribution >= 4 is 11.8 Å². The summed E-state index contributed by atoms with van der Waals surface area (Å²) in [5.74, 6) is -2.13. The molecule has 4 N–H and O–H groups in total. The second-order valence-corrected chi connectivity index (χ2v) is 11.4. The van der Waals surface area contributed by atoms with Gasteiger partial charge in [-0.1, -0.05) is 0 Å². The van der Waals surface area contributed by atoms with E-state index in [4.69, 9.17) is 15.2 Å². The molecule has 0 radical (unpaired) electrons. The number of nitrogens with one attached hydrogen (secondary N) is 1. The van der Waals surface area contributed by atoms with Crippen LogP contribution in [-0.4, -0.2) is 57.3 Å². The topological polar surface area (TPSA) is 150 Å². The van der Waals surface area contributed by atoms with Crippen molar-refractivity contribution in [3.63, 3.8) is 0 Å². The Bertz CT molecular complexity index is 1820. The summed E-state index contributed by atoms with van der Waals surface area (Å²) in [6.07, 6.45) is -0.917. The van der Waals surface area contributed by atoms with E-state index < -0.39 is 47.1 Å². The Kier molecular flexibility index (Phi) is 7.63. The van der Waals surface area contributed by atoms with E-state index in [2.05, 4.69) is 20.3 Å². The molecule has 2 atom stereocenters. The van der Waals surface area contributed by atoms with Gasteiger partial charge in [-0.2, -0.15) is 13.2 Å². The molecule has 0 unspecified atom stereocenters. The SMILES string of the molecule is C[C@]1(C(N)=O)COc2c1cc([C@@](O)(CNC(=O)c1ccc(-c3ccncn3)c(OC3CC3)c1)C(F)(F)F)nc2-c1ccc(F)cc1. The maximum atomic E-state index is 14.7. The third kappa shape index (κ3) is 5.60. The number of rotatable bonds is 9. The van der Waals surface area contributed by atoms with Gasteiger partial charge in [0.15, 0.2) is 0 Å². The Morgan fingerprint density at radius 1 is 1.13 bits per heavy atom. The number of fused-ring (bicyclic) bond motifs is 1. The summed E-state index contributed by atoms with van der Waals surface area (Å²) < 4.78 is 69.6. The molecule has 1 aliphatic carbocycles. The van der Waals surface area contributed by atoms with Crippen LogP contribution in [0.15, 0.2) is 67.1 Å². The second-order valence-electron chi connectivity index (χ2n) is 11.4. The average molecular weight is 638 g/mol. The van der Waals surface area contributed by atoms with Gasteiger partial charge in [0.25, 0.3) is 5.91 Å². The third-order valence-electron chi connectivity index (χ3n) is 8.05. The Morgan fingerprint density at radius 2 is 1.87 bits per heavy atom. The maximum Gasteiger partial charge on any atom is 0.424 e. The second kappa shape index (κ2) is 11.4. The van der Waals surface area contributed by atoms with E-state index in [1.165, 1.54) is 43.7 Å². The van der Waals surface area contributed by atoms with Crippen LogP contribution in [0.3, 0.4) is 0 Å². The van der Waals surface area contributed by atoms with E-state index in [-0.39, 0.29) is 40.8 Å². The number of nitrogens with zero attached hydrogens (tertiary/aromatic N) is 3. The third-order valence-corrected chi connectivity index (χ3v) is 8.05. The van der Waals surface area contributed by atoms with E-state index in [1.807, 2.05) is 0 Å². The highest BCUT2D eigenvalue weighted by Gasteiger charge is 2.57. The van der Waals surface area contributed by atoms with Gasteiger partial charge in [-0.05, 0) is 74.4 Å². The first-order chi connectivity index (χ1) is 21.8. The number of hydrogen-bond acceptors (Lipinski definition) is 8. The first kappa shape index (κ1) is 30.9. The predicted molar refractivity (Wildman–Crippen MR) is 155 cm³/mol. The normalized spacial score (nSPS) is 18.7. The molecule has 0 saturated heterocycles. The number of ether oxygens (including phenoxy) is 2. The first-order valence-electron chi connectivity index (χ1n) is 14.2. The van der Waals surface area contributed by atoms with Gasteiger partial charge in [0.1, 0.15) is 41.4 Å². The zero-order valence-corrected chi connectivity index (χ0v) is 24.3. The Hall–Kier alpha value is -5.11. The van der Waals surface area contributed by atoms with E-state index in [0.717, 1.165) is 31.0 Å². The molecule has 3 heterocycles. The predicted octanol–water partition coefficient (Wildman–Crippen LogP) is 4.20. The molecular formula is C32H27F4N5O5. The number of alkyl halides is 3. The molecule has 0 bridgehead atoms. The number of amides is 2. The summed E-state index contributed by atoms with van der Waals surface area (Å²) in [4.78, 5) is 37.9. The van der Waals surface area contributed by atoms with Gasteiger partial charge in [-0.15, -0.1) is 0 Å². The van der Waals surface area contributed by atoms with Gasteiger partial charge >= 0.3 is 6.18 Å². The maximum absolute atomic E-state index is 14.7. The summed E-state index contributed by atoms with van der Waals surface area (Å²) in [6, 6.07) is 11.6. The highest BCUT2D eigenvalue weighted by atomic mass is 19.4. The van der Waals surface area contributed by atoms with E-state index >= 15 is 0 Å². The van der Waals surface area contributed by atoms with Gasteiger partial charge in [-0.25, -0.2) is 19.3 Å². The standard InChI is InChI=1S/C32H27F4N5O5/c1-30(29(37)43)15-45-27-22(30)13-25(41-26(27)17-2-5-19(33)6-3-17)31(44,32(34,35)36)14-39-28(42)18-4-9-21(23-10-11-38-16-40-23)24(12-18)46-20-7-8-20/h2-6,9-13,16,20,44H,7-8,14-15H2,1H3,(H2,37,43)(H,39,42)/t30-,31-/m0/s1. The van der Waals surface area contributed by atoms with Crippen molar-refractivity contribution in [2.45, 2.75) is 43.1 Å². The van der Waals surface area contributed by atoms with Crippen molar-refractivity contribution in [3.05, 3.63) is 89.8 Å². The lowest BCUT2D eigenvalue weighted by Gasteiger charge is -2.31. The van der Waals surface area contributed by atoms with E-state index in [0.29, 0.717) is 17.0 Å². The number of halogens is 4. The van der Waals surface area contributed by atoms with Crippen LogP contribution in [0.25, 0.3) is 22.5 Å². The molecule has 238 valence electrons. The molecule has 2 amide bonds. The minimum absolute atomic E-state index is 0.0263. The number of aromatic nitrogens is 3. The Balaban J connectivity index is 1.37. The molecule has 14 heteroatoms. The van der Waals surface area contributed by atoms with Gasteiger partial charge in [-0.3, -0.25) is 9.59 Å². The largest absolute Gasteiger partial charge is 0.490 e. The molecule has 0 spiro atoms. The molecule has 10 nitrogen and oxygen atoms in total. The first-order valence-corrected chi connectivity index (χ1v) is 14.2. The van der Waals surface area contributed by atoms with Crippen LogP contribution >= 0.6 is 0 Å². The fraction of sp³-hybridized carbons (Fsp3) is 0.281. The number of primary amides is 1. The van der Waals surface area contributed by atoms with Gasteiger partial charge in [0.05, 0.1) is 24.0 Å². The number of nitrogens with two attached hydrogens (primary N) is 1. The highest BCUT2D eigenvalue weighted by Crippen LogP contribution is 2.47. The number of benzene rings is 2. The summed E-state index contributed by atoms with van der Waals surface area (Å²) in [5, 5.41) is 13.5. The van der Waals surface area contributed by atoms with Crippen LogP contribution in [-0.2, 0) is 15.8 Å². The Morgan fingerprint density at radius 3 is 2.50 bits per heavy atom. The van der Waals surface area contributed by atoms with Crippen molar-refractivity contribution in [1.82, 2.24) is 20.3 Å². The molecular weight excluding hydrogens is 610 g/mol. The van der Waals surface area contributed by atoms with Crippen LogP contribution in [0, 0.1) is 5.82 Å². The highest BCUT2D eigenvalue weighted by molar-refractivity contribution is 5.95. The van der Waals surface area contributed by atoms with Crippen molar-refractivity contribution in [2.75, 3.05) is 13.2 Å². The Labute approximate surface area is 259 Å². The van der Waals surface area contributed by atoms with Crippen LogP contribution < -0.4 is 20.5 Å². The quantitative estimate of drug-likeness (QED) is 0.231. The lowest BCUT2D eigenvalue weighted by molar-refractivity contribution is -0.265. The number of carbonyl (C=O) groups excluding carboxylic acids is 2. The molecule has 1 saturated carbocycles.